The fourth-order valence-corrected chi connectivity index (χ4v) is 0.577. The van der Waals surface area contributed by atoms with Crippen molar-refractivity contribution in [1.82, 2.24) is 0 Å². The van der Waals surface area contributed by atoms with E-state index in [1.165, 1.54) is 0 Å². The highest BCUT2D eigenvalue weighted by atomic mass is 35.5. The number of nitrogens with two attached hydrogens (primary N) is 1. The molecule has 0 aromatic heterocycles. The minimum absolute atomic E-state index is 0.000590. The summed E-state index contributed by atoms with van der Waals surface area (Å²) < 4.78 is 4.60. The summed E-state index contributed by atoms with van der Waals surface area (Å²) in [6.07, 6.45) is 0.333. The van der Waals surface area contributed by atoms with E-state index < -0.39 is 10.8 Å². The Hall–Kier alpha value is -0.850. The number of halogens is 2. The van der Waals surface area contributed by atoms with Crippen LogP contribution in [0.2, 0.25) is 0 Å². The summed E-state index contributed by atoms with van der Waals surface area (Å²) in [7, 11) is 0. The summed E-state index contributed by atoms with van der Waals surface area (Å²) in [5.41, 5.74) is 5.03. The molecule has 3 N–H and O–H groups in total. The van der Waals surface area contributed by atoms with Crippen LogP contribution in [-0.2, 0) is 19.1 Å². The van der Waals surface area contributed by atoms with Crippen LogP contribution < -0.4 is 5.73 Å². The largest absolute Gasteiger partial charge is 0.479 e. The normalized spacial score (nSPS) is 9.24. The number of ether oxygens (including phenoxy) is 1. The number of rotatable bonds is 6. The summed E-state index contributed by atoms with van der Waals surface area (Å²) in [6.45, 7) is 2.08. The van der Waals surface area contributed by atoms with E-state index in [2.05, 4.69) is 4.74 Å². The first kappa shape index (κ1) is 18.5. The lowest BCUT2D eigenvalue weighted by molar-refractivity contribution is -0.144. The number of aliphatic carboxylic acids is 1. The number of Topliss-reactive ketones (excluding diaryl/α,β-unsaturated/α-hetero) is 1. The molecule has 0 unspecified atom stereocenters. The van der Waals surface area contributed by atoms with Gasteiger partial charge in [0.2, 0.25) is 4.84 Å². The predicted octanol–water partition coefficient (Wildman–Crippen LogP) is 0.732. The lowest BCUT2D eigenvalue weighted by atomic mass is 10.2. The van der Waals surface area contributed by atoms with Crippen LogP contribution in [0.1, 0.15) is 19.8 Å². The Kier molecular flexibility index (Phi) is 12.7. The number of carbonyl (C=O) groups is 3. The van der Waals surface area contributed by atoms with Gasteiger partial charge in [0.1, 0.15) is 5.78 Å². The third-order valence-corrected chi connectivity index (χ3v) is 1.70. The summed E-state index contributed by atoms with van der Waals surface area (Å²) >= 11 is 9.56. The molecule has 100 valence electrons. The first-order chi connectivity index (χ1) is 7.84. The van der Waals surface area contributed by atoms with Crippen LogP contribution >= 0.6 is 23.2 Å². The van der Waals surface area contributed by atoms with Gasteiger partial charge < -0.3 is 15.6 Å². The maximum Gasteiger partial charge on any atom is 0.337 e. The van der Waals surface area contributed by atoms with Crippen molar-refractivity contribution in [1.29, 1.82) is 0 Å². The lowest BCUT2D eigenvalue weighted by Crippen LogP contribution is -2.15. The Morgan fingerprint density at radius 1 is 1.29 bits per heavy atom. The molecule has 0 rings (SSSR count). The standard InChI is InChI=1S/C7H13NO3.C2H2Cl2O2/c1-2-11-7(10)4-3-6(9)5-8;3-1(4)2(5)6/h2-5,8H2,1H3;1H,(H,5,6). The molecule has 0 spiro atoms. The van der Waals surface area contributed by atoms with Crippen LogP contribution in [0.3, 0.4) is 0 Å². The predicted molar refractivity (Wildman–Crippen MR) is 63.1 cm³/mol. The van der Waals surface area contributed by atoms with Crippen LogP contribution in [0.4, 0.5) is 0 Å². The molecule has 0 aromatic carbocycles. The molecule has 0 fully saturated rings. The molecular formula is C9H15Cl2NO5. The van der Waals surface area contributed by atoms with Crippen LogP contribution in [0.25, 0.3) is 0 Å². The highest BCUT2D eigenvalue weighted by molar-refractivity contribution is 6.52. The van der Waals surface area contributed by atoms with Crippen molar-refractivity contribution in [3.63, 3.8) is 0 Å². The zero-order valence-electron chi connectivity index (χ0n) is 9.32. The molecule has 0 saturated carbocycles. The third-order valence-electron chi connectivity index (χ3n) is 1.33. The fourth-order valence-electron chi connectivity index (χ4n) is 0.577. The zero-order chi connectivity index (χ0) is 13.8. The molecule has 0 aliphatic carbocycles. The van der Waals surface area contributed by atoms with Crippen LogP contribution in [0, 0.1) is 0 Å². The molecule has 0 aliphatic rings. The Balaban J connectivity index is 0. The van der Waals surface area contributed by atoms with Gasteiger partial charge in [-0.25, -0.2) is 4.79 Å². The molecule has 0 aromatic rings. The van der Waals surface area contributed by atoms with Crippen LogP contribution in [-0.4, -0.2) is 40.8 Å². The van der Waals surface area contributed by atoms with Crippen LogP contribution in [0.5, 0.6) is 0 Å². The second kappa shape index (κ2) is 11.6. The molecule has 0 saturated heterocycles. The molecule has 0 amide bonds. The van der Waals surface area contributed by atoms with Gasteiger partial charge in [-0.15, -0.1) is 0 Å². The van der Waals surface area contributed by atoms with Gasteiger partial charge in [-0.2, -0.15) is 0 Å². The molecule has 0 heterocycles. The van der Waals surface area contributed by atoms with Gasteiger partial charge in [0.25, 0.3) is 0 Å². The van der Waals surface area contributed by atoms with Crippen molar-refractivity contribution in [2.75, 3.05) is 13.2 Å². The number of ketones is 1. The summed E-state index contributed by atoms with van der Waals surface area (Å²) in [5, 5.41) is 7.73. The number of alkyl halides is 2. The van der Waals surface area contributed by atoms with E-state index in [-0.39, 0.29) is 31.1 Å². The first-order valence-electron chi connectivity index (χ1n) is 4.73. The maximum absolute atomic E-state index is 10.6. The van der Waals surface area contributed by atoms with Gasteiger partial charge in [-0.3, -0.25) is 9.59 Å². The molecule has 0 radical (unpaired) electrons. The molecule has 0 aliphatic heterocycles. The summed E-state index contributed by atoms with van der Waals surface area (Å²) in [4.78, 5) is 29.4. The highest BCUT2D eigenvalue weighted by Gasteiger charge is 2.05. The Labute approximate surface area is 109 Å². The Bertz CT molecular complexity index is 258. The Morgan fingerprint density at radius 3 is 2.06 bits per heavy atom. The second-order valence-electron chi connectivity index (χ2n) is 2.69. The zero-order valence-corrected chi connectivity index (χ0v) is 10.8. The van der Waals surface area contributed by atoms with Crippen molar-refractivity contribution in [2.24, 2.45) is 5.73 Å². The van der Waals surface area contributed by atoms with Gasteiger partial charge in [-0.1, -0.05) is 23.2 Å². The summed E-state index contributed by atoms with van der Waals surface area (Å²) in [6, 6.07) is 0. The average Bonchev–Trinajstić information content (AvgIpc) is 2.27. The maximum atomic E-state index is 10.6. The van der Waals surface area contributed by atoms with Crippen LogP contribution in [0.15, 0.2) is 0 Å². The third kappa shape index (κ3) is 15.1. The quantitative estimate of drug-likeness (QED) is 0.551. The van der Waals surface area contributed by atoms with Crippen molar-refractivity contribution < 1.29 is 24.2 Å². The molecule has 0 bridgehead atoms. The van der Waals surface area contributed by atoms with E-state index in [0.29, 0.717) is 6.61 Å². The number of hydrogen-bond donors (Lipinski definition) is 2. The second-order valence-corrected chi connectivity index (χ2v) is 3.78. The minimum atomic E-state index is -1.29. The van der Waals surface area contributed by atoms with E-state index >= 15 is 0 Å². The van der Waals surface area contributed by atoms with Gasteiger partial charge in [0.05, 0.1) is 19.6 Å². The number of carboxylic acids is 1. The van der Waals surface area contributed by atoms with Gasteiger partial charge in [0, 0.05) is 6.42 Å². The summed E-state index contributed by atoms with van der Waals surface area (Å²) in [5.74, 6) is -1.66. The van der Waals surface area contributed by atoms with E-state index in [9.17, 15) is 14.4 Å². The van der Waals surface area contributed by atoms with Crippen molar-refractivity contribution in [3.05, 3.63) is 0 Å². The fraction of sp³-hybridized carbons (Fsp3) is 0.667. The SMILES string of the molecule is CCOC(=O)CCC(=O)CN.O=C(O)C(Cl)Cl. The van der Waals surface area contributed by atoms with E-state index in [1.807, 2.05) is 0 Å². The van der Waals surface area contributed by atoms with Crippen molar-refractivity contribution in [3.8, 4) is 0 Å². The molecular weight excluding hydrogens is 273 g/mol. The smallest absolute Gasteiger partial charge is 0.337 e. The van der Waals surface area contributed by atoms with E-state index in [1.54, 1.807) is 6.92 Å². The molecule has 17 heavy (non-hydrogen) atoms. The molecule has 8 heteroatoms. The van der Waals surface area contributed by atoms with Gasteiger partial charge in [0.15, 0.2) is 0 Å². The van der Waals surface area contributed by atoms with E-state index in [4.69, 9.17) is 34.0 Å². The number of carboxylic acid groups (broad SMARTS) is 1. The molecule has 0 atom stereocenters. The average molecular weight is 288 g/mol. The number of esters is 1. The Morgan fingerprint density at radius 2 is 1.76 bits per heavy atom. The topological polar surface area (TPSA) is 107 Å². The monoisotopic (exact) mass is 287 g/mol. The first-order valence-corrected chi connectivity index (χ1v) is 5.60. The van der Waals surface area contributed by atoms with Crippen molar-refractivity contribution >= 4 is 40.9 Å². The minimum Gasteiger partial charge on any atom is -0.479 e. The highest BCUT2D eigenvalue weighted by Crippen LogP contribution is 1.98. The number of carbonyl (C=O) groups excluding carboxylic acids is 2. The number of hydrogen-bond acceptors (Lipinski definition) is 5. The van der Waals surface area contributed by atoms with Gasteiger partial charge in [-0.05, 0) is 6.92 Å². The van der Waals surface area contributed by atoms with Gasteiger partial charge >= 0.3 is 11.9 Å². The van der Waals surface area contributed by atoms with E-state index in [0.717, 1.165) is 0 Å². The van der Waals surface area contributed by atoms with Crippen molar-refractivity contribution in [2.45, 2.75) is 24.6 Å². The molecule has 6 nitrogen and oxygen atoms in total. The lowest BCUT2D eigenvalue weighted by Gasteiger charge is -1.99.